The van der Waals surface area contributed by atoms with Gasteiger partial charge in [-0.3, -0.25) is 14.5 Å². The Hall–Kier alpha value is -1.88. The quantitative estimate of drug-likeness (QED) is 0.681. The molecule has 0 heterocycles. The minimum absolute atomic E-state index is 0.0898. The molecular weight excluding hydrogens is 280 g/mol. The first-order chi connectivity index (χ1) is 10.6. The minimum atomic E-state index is -0.872. The molecule has 1 aromatic rings. The van der Waals surface area contributed by atoms with Gasteiger partial charge in [-0.2, -0.15) is 0 Å². The summed E-state index contributed by atoms with van der Waals surface area (Å²) in [5.74, 6) is -0.961. The fraction of sp³-hybridized carbons (Fsp3) is 0.529. The summed E-state index contributed by atoms with van der Waals surface area (Å²) in [7, 11) is 0. The predicted molar refractivity (Wildman–Crippen MR) is 84.6 cm³/mol. The van der Waals surface area contributed by atoms with Crippen molar-refractivity contribution in [2.75, 3.05) is 13.1 Å². The zero-order chi connectivity index (χ0) is 15.9. The van der Waals surface area contributed by atoms with Crippen molar-refractivity contribution in [3.63, 3.8) is 0 Å². The van der Waals surface area contributed by atoms with Crippen LogP contribution in [0.1, 0.15) is 31.7 Å². The molecule has 1 aromatic carbocycles. The van der Waals surface area contributed by atoms with Gasteiger partial charge in [-0.1, -0.05) is 30.3 Å². The van der Waals surface area contributed by atoms with E-state index in [9.17, 15) is 9.59 Å². The number of hydrogen-bond acceptors (Lipinski definition) is 3. The maximum atomic E-state index is 12.0. The second kappa shape index (κ2) is 7.94. The Morgan fingerprint density at radius 1 is 1.32 bits per heavy atom. The summed E-state index contributed by atoms with van der Waals surface area (Å²) in [5.41, 5.74) is 1.26. The van der Waals surface area contributed by atoms with Crippen molar-refractivity contribution in [3.8, 4) is 0 Å². The summed E-state index contributed by atoms with van der Waals surface area (Å²) in [6.07, 6.45) is 3.78. The molecule has 1 amide bonds. The molecule has 0 radical (unpaired) electrons. The van der Waals surface area contributed by atoms with E-state index in [0.29, 0.717) is 6.54 Å². The van der Waals surface area contributed by atoms with Crippen molar-refractivity contribution < 1.29 is 14.7 Å². The van der Waals surface area contributed by atoms with Crippen molar-refractivity contribution in [2.24, 2.45) is 0 Å². The monoisotopic (exact) mass is 304 g/mol. The number of aliphatic carboxylic acids is 1. The molecule has 1 aliphatic carbocycles. The van der Waals surface area contributed by atoms with E-state index >= 15 is 0 Å². The van der Waals surface area contributed by atoms with Crippen LogP contribution in [-0.4, -0.2) is 47.1 Å². The van der Waals surface area contributed by atoms with E-state index < -0.39 is 12.0 Å². The molecular formula is C17H24N2O3. The molecule has 2 N–H and O–H groups in total. The summed E-state index contributed by atoms with van der Waals surface area (Å²) < 4.78 is 0. The van der Waals surface area contributed by atoms with Crippen molar-refractivity contribution in [2.45, 2.75) is 44.7 Å². The molecule has 1 atom stereocenters. The van der Waals surface area contributed by atoms with Crippen molar-refractivity contribution in [3.05, 3.63) is 35.9 Å². The Labute approximate surface area is 131 Å². The van der Waals surface area contributed by atoms with Gasteiger partial charge in [0.15, 0.2) is 0 Å². The number of hydrogen-bond donors (Lipinski definition) is 2. The molecule has 0 aromatic heterocycles. The highest BCUT2D eigenvalue weighted by Crippen LogP contribution is 2.28. The highest BCUT2D eigenvalue weighted by Gasteiger charge is 2.35. The highest BCUT2D eigenvalue weighted by atomic mass is 16.4. The van der Waals surface area contributed by atoms with Crippen LogP contribution in [-0.2, 0) is 16.0 Å². The number of rotatable bonds is 9. The number of nitrogens with one attached hydrogen (secondary N) is 1. The molecule has 5 heteroatoms. The molecule has 1 saturated carbocycles. The summed E-state index contributed by atoms with van der Waals surface area (Å²) in [6, 6.07) is 9.80. The average Bonchev–Trinajstić information content (AvgIpc) is 3.34. The summed E-state index contributed by atoms with van der Waals surface area (Å²) in [6.45, 7) is 2.43. The first kappa shape index (κ1) is 16.5. The van der Waals surface area contributed by atoms with Crippen LogP contribution in [0.15, 0.2) is 30.3 Å². The Balaban J connectivity index is 1.69. The Kier molecular flexibility index (Phi) is 5.95. The van der Waals surface area contributed by atoms with Gasteiger partial charge < -0.3 is 10.4 Å². The molecule has 1 aliphatic rings. The summed E-state index contributed by atoms with van der Waals surface area (Å²) in [4.78, 5) is 24.9. The molecule has 5 nitrogen and oxygen atoms in total. The lowest BCUT2D eigenvalue weighted by atomic mass is 10.1. The molecule has 0 aliphatic heterocycles. The number of benzene rings is 1. The van der Waals surface area contributed by atoms with E-state index in [2.05, 4.69) is 17.4 Å². The number of carbonyl (C=O) groups is 2. The van der Waals surface area contributed by atoms with Gasteiger partial charge in [-0.05, 0) is 38.2 Å². The molecule has 0 bridgehead atoms. The van der Waals surface area contributed by atoms with Gasteiger partial charge in [0.25, 0.3) is 0 Å². The standard InChI is InChI=1S/C17H24N2O3/c1-13(17(21)22)19(15-9-10-15)12-16(20)18-11-5-8-14-6-3-2-4-7-14/h2-4,6-7,13,15H,5,8-12H2,1H3,(H,18,20)(H,21,22). The van der Waals surface area contributed by atoms with Gasteiger partial charge in [0.05, 0.1) is 6.54 Å². The van der Waals surface area contributed by atoms with E-state index in [0.717, 1.165) is 25.7 Å². The molecule has 22 heavy (non-hydrogen) atoms. The number of carboxylic acid groups (broad SMARTS) is 1. The van der Waals surface area contributed by atoms with E-state index in [4.69, 9.17) is 5.11 Å². The number of carbonyl (C=O) groups excluding carboxylic acids is 1. The Morgan fingerprint density at radius 3 is 2.59 bits per heavy atom. The van der Waals surface area contributed by atoms with E-state index in [1.54, 1.807) is 11.8 Å². The van der Waals surface area contributed by atoms with Gasteiger partial charge in [0.2, 0.25) is 5.91 Å². The van der Waals surface area contributed by atoms with Crippen LogP contribution in [0.3, 0.4) is 0 Å². The van der Waals surface area contributed by atoms with Gasteiger partial charge >= 0.3 is 5.97 Å². The molecule has 1 fully saturated rings. The van der Waals surface area contributed by atoms with Gasteiger partial charge in [0, 0.05) is 12.6 Å². The molecule has 120 valence electrons. The number of carboxylic acids is 1. The number of aryl methyl sites for hydroxylation is 1. The Morgan fingerprint density at radius 2 is 2.00 bits per heavy atom. The van der Waals surface area contributed by atoms with Crippen molar-refractivity contribution in [1.82, 2.24) is 10.2 Å². The molecule has 1 unspecified atom stereocenters. The third kappa shape index (κ3) is 5.15. The van der Waals surface area contributed by atoms with Gasteiger partial charge in [0.1, 0.15) is 6.04 Å². The topological polar surface area (TPSA) is 69.6 Å². The third-order valence-electron chi connectivity index (χ3n) is 4.00. The fourth-order valence-electron chi connectivity index (χ4n) is 2.52. The second-order valence-corrected chi connectivity index (χ2v) is 5.86. The van der Waals surface area contributed by atoms with Crippen molar-refractivity contribution >= 4 is 11.9 Å². The second-order valence-electron chi connectivity index (χ2n) is 5.86. The predicted octanol–water partition coefficient (Wildman–Crippen LogP) is 1.67. The summed E-state index contributed by atoms with van der Waals surface area (Å²) >= 11 is 0. The molecule has 0 saturated heterocycles. The lowest BCUT2D eigenvalue weighted by molar-refractivity contribution is -0.143. The lowest BCUT2D eigenvalue weighted by Gasteiger charge is -2.25. The highest BCUT2D eigenvalue weighted by molar-refractivity contribution is 5.79. The Bertz CT molecular complexity index is 500. The number of nitrogens with zero attached hydrogens (tertiary/aromatic N) is 1. The van der Waals surface area contributed by atoms with Crippen LogP contribution < -0.4 is 5.32 Å². The van der Waals surface area contributed by atoms with E-state index in [1.165, 1.54) is 5.56 Å². The zero-order valence-corrected chi connectivity index (χ0v) is 13.0. The fourth-order valence-corrected chi connectivity index (χ4v) is 2.52. The van der Waals surface area contributed by atoms with Crippen LogP contribution in [0.5, 0.6) is 0 Å². The summed E-state index contributed by atoms with van der Waals surface area (Å²) in [5, 5.41) is 12.0. The van der Waals surface area contributed by atoms with Crippen LogP contribution in [0.2, 0.25) is 0 Å². The first-order valence-electron chi connectivity index (χ1n) is 7.87. The van der Waals surface area contributed by atoms with Crippen LogP contribution >= 0.6 is 0 Å². The van der Waals surface area contributed by atoms with Gasteiger partial charge in [-0.25, -0.2) is 0 Å². The normalized spacial score (nSPS) is 15.5. The maximum Gasteiger partial charge on any atom is 0.320 e. The van der Waals surface area contributed by atoms with Crippen LogP contribution in [0.4, 0.5) is 0 Å². The zero-order valence-electron chi connectivity index (χ0n) is 13.0. The third-order valence-corrected chi connectivity index (χ3v) is 4.00. The van der Waals surface area contributed by atoms with E-state index in [-0.39, 0.29) is 18.5 Å². The lowest BCUT2D eigenvalue weighted by Crippen LogP contribution is -2.46. The molecule has 0 spiro atoms. The number of amides is 1. The van der Waals surface area contributed by atoms with Crippen LogP contribution in [0.25, 0.3) is 0 Å². The average molecular weight is 304 g/mol. The van der Waals surface area contributed by atoms with E-state index in [1.807, 2.05) is 18.2 Å². The van der Waals surface area contributed by atoms with Gasteiger partial charge in [-0.15, -0.1) is 0 Å². The smallest absolute Gasteiger partial charge is 0.320 e. The SMILES string of the molecule is CC(C(=O)O)N(CC(=O)NCCCc1ccccc1)C1CC1. The molecule has 2 rings (SSSR count). The first-order valence-corrected chi connectivity index (χ1v) is 7.87. The largest absolute Gasteiger partial charge is 0.480 e. The minimum Gasteiger partial charge on any atom is -0.480 e. The van der Waals surface area contributed by atoms with Crippen molar-refractivity contribution in [1.29, 1.82) is 0 Å². The van der Waals surface area contributed by atoms with Crippen LogP contribution in [0, 0.1) is 0 Å². The maximum absolute atomic E-state index is 12.0.